The van der Waals surface area contributed by atoms with E-state index in [-0.39, 0.29) is 0 Å². The first-order valence-corrected chi connectivity index (χ1v) is 7.28. The second kappa shape index (κ2) is 9.81. The Balaban J connectivity index is 2.23. The summed E-state index contributed by atoms with van der Waals surface area (Å²) in [5.41, 5.74) is 0. The van der Waals surface area contributed by atoms with E-state index in [1.165, 1.54) is 0 Å². The summed E-state index contributed by atoms with van der Waals surface area (Å²) in [6.45, 7) is 10.5. The molecular weight excluding hydrogens is 240 g/mol. The van der Waals surface area contributed by atoms with Crippen LogP contribution in [0.25, 0.3) is 0 Å². The highest BCUT2D eigenvalue weighted by Crippen LogP contribution is 2.05. The van der Waals surface area contributed by atoms with Gasteiger partial charge in [-0.05, 0) is 32.5 Å². The van der Waals surface area contributed by atoms with Gasteiger partial charge in [0.2, 0.25) is 5.95 Å². The summed E-state index contributed by atoms with van der Waals surface area (Å²) in [4.78, 5) is 6.79. The third kappa shape index (κ3) is 6.07. The minimum Gasteiger partial charge on any atom is -0.385 e. The van der Waals surface area contributed by atoms with E-state index in [1.807, 2.05) is 12.4 Å². The van der Waals surface area contributed by atoms with Gasteiger partial charge >= 0.3 is 0 Å². The summed E-state index contributed by atoms with van der Waals surface area (Å²) in [6, 6.07) is 0. The van der Waals surface area contributed by atoms with Crippen LogP contribution in [0.3, 0.4) is 0 Å². The molecule has 1 N–H and O–H groups in total. The van der Waals surface area contributed by atoms with E-state index >= 15 is 0 Å². The van der Waals surface area contributed by atoms with Gasteiger partial charge in [-0.25, -0.2) is 4.98 Å². The first-order chi connectivity index (χ1) is 9.31. The molecule has 19 heavy (non-hydrogen) atoms. The van der Waals surface area contributed by atoms with Crippen LogP contribution in [0.2, 0.25) is 0 Å². The minimum absolute atomic E-state index is 0.791. The molecule has 0 unspecified atom stereocenters. The van der Waals surface area contributed by atoms with Crippen molar-refractivity contribution in [2.75, 3.05) is 45.2 Å². The maximum Gasteiger partial charge on any atom is 0.202 e. The van der Waals surface area contributed by atoms with E-state index in [2.05, 4.69) is 33.6 Å². The van der Waals surface area contributed by atoms with Gasteiger partial charge in [0.15, 0.2) is 0 Å². The van der Waals surface area contributed by atoms with Crippen LogP contribution in [0.15, 0.2) is 12.4 Å². The van der Waals surface area contributed by atoms with E-state index in [0.29, 0.717) is 0 Å². The molecule has 5 nitrogen and oxygen atoms in total. The fourth-order valence-corrected chi connectivity index (χ4v) is 2.08. The number of aryl methyl sites for hydroxylation is 1. The largest absolute Gasteiger partial charge is 0.385 e. The van der Waals surface area contributed by atoms with Crippen molar-refractivity contribution < 1.29 is 4.74 Å². The van der Waals surface area contributed by atoms with Crippen LogP contribution >= 0.6 is 0 Å². The quantitative estimate of drug-likeness (QED) is 0.624. The molecule has 0 aromatic carbocycles. The molecule has 1 heterocycles. The topological polar surface area (TPSA) is 42.3 Å². The van der Waals surface area contributed by atoms with Crippen molar-refractivity contribution in [2.24, 2.45) is 0 Å². The molecule has 0 bridgehead atoms. The smallest absolute Gasteiger partial charge is 0.202 e. The molecular formula is C14H28N4O. The third-order valence-corrected chi connectivity index (χ3v) is 3.29. The molecule has 0 aliphatic carbocycles. The Morgan fingerprint density at radius 2 is 2.11 bits per heavy atom. The molecule has 0 spiro atoms. The Morgan fingerprint density at radius 3 is 2.79 bits per heavy atom. The second-order valence-electron chi connectivity index (χ2n) is 4.60. The molecule has 0 saturated heterocycles. The first kappa shape index (κ1) is 16.0. The van der Waals surface area contributed by atoms with Crippen LogP contribution in [-0.4, -0.2) is 54.3 Å². The molecule has 0 amide bonds. The fourth-order valence-electron chi connectivity index (χ4n) is 2.08. The highest BCUT2D eigenvalue weighted by Gasteiger charge is 2.02. The second-order valence-corrected chi connectivity index (χ2v) is 4.60. The number of methoxy groups -OCH3 is 1. The van der Waals surface area contributed by atoms with Crippen molar-refractivity contribution in [3.63, 3.8) is 0 Å². The van der Waals surface area contributed by atoms with Gasteiger partial charge < -0.3 is 19.5 Å². The van der Waals surface area contributed by atoms with Crippen LogP contribution in [0, 0.1) is 0 Å². The monoisotopic (exact) mass is 268 g/mol. The number of hydrogen-bond donors (Lipinski definition) is 1. The minimum atomic E-state index is 0.791. The lowest BCUT2D eigenvalue weighted by atomic mass is 10.3. The molecule has 0 saturated carbocycles. The Labute approximate surface area is 117 Å². The maximum absolute atomic E-state index is 5.07. The molecule has 0 aliphatic heterocycles. The van der Waals surface area contributed by atoms with Crippen molar-refractivity contribution in [3.8, 4) is 0 Å². The molecule has 0 fully saturated rings. The van der Waals surface area contributed by atoms with E-state index in [4.69, 9.17) is 4.74 Å². The molecule has 0 radical (unpaired) electrons. The molecule has 0 aliphatic rings. The average molecular weight is 268 g/mol. The van der Waals surface area contributed by atoms with Gasteiger partial charge in [-0.1, -0.05) is 13.8 Å². The Bertz CT molecular complexity index is 323. The van der Waals surface area contributed by atoms with Crippen LogP contribution in [-0.2, 0) is 11.3 Å². The number of ether oxygens (including phenoxy) is 1. The molecule has 0 atom stereocenters. The highest BCUT2D eigenvalue weighted by atomic mass is 16.5. The third-order valence-electron chi connectivity index (χ3n) is 3.29. The summed E-state index contributed by atoms with van der Waals surface area (Å²) in [5.74, 6) is 0.968. The number of nitrogens with one attached hydrogen (secondary N) is 1. The first-order valence-electron chi connectivity index (χ1n) is 7.28. The maximum atomic E-state index is 5.07. The number of nitrogens with zero attached hydrogens (tertiary/aromatic N) is 3. The lowest BCUT2D eigenvalue weighted by Crippen LogP contribution is -2.25. The molecule has 1 aromatic rings. The van der Waals surface area contributed by atoms with Gasteiger partial charge in [0.05, 0.1) is 0 Å². The zero-order valence-electron chi connectivity index (χ0n) is 12.6. The zero-order valence-corrected chi connectivity index (χ0v) is 12.6. The highest BCUT2D eigenvalue weighted by molar-refractivity contribution is 5.25. The van der Waals surface area contributed by atoms with Gasteiger partial charge in [-0.15, -0.1) is 0 Å². The van der Waals surface area contributed by atoms with Crippen molar-refractivity contribution >= 4 is 5.95 Å². The molecule has 1 aromatic heterocycles. The van der Waals surface area contributed by atoms with Crippen molar-refractivity contribution in [2.45, 2.75) is 33.2 Å². The van der Waals surface area contributed by atoms with Crippen molar-refractivity contribution in [3.05, 3.63) is 12.4 Å². The van der Waals surface area contributed by atoms with E-state index < -0.39 is 0 Å². The van der Waals surface area contributed by atoms with Crippen LogP contribution < -0.4 is 5.32 Å². The van der Waals surface area contributed by atoms with Crippen LogP contribution in [0.1, 0.15) is 26.7 Å². The zero-order chi connectivity index (χ0) is 13.9. The van der Waals surface area contributed by atoms with Crippen molar-refractivity contribution in [1.29, 1.82) is 0 Å². The Hall–Kier alpha value is -1.07. The standard InChI is InChI=1S/C14H28N4O/c1-4-17(5-2)10-6-8-15-14-16-9-12-18(14)11-7-13-19-3/h9,12H,4-8,10-11,13H2,1-3H3,(H,15,16). The van der Waals surface area contributed by atoms with Gasteiger partial charge in [-0.2, -0.15) is 0 Å². The summed E-state index contributed by atoms with van der Waals surface area (Å²) in [5, 5.41) is 3.41. The normalized spacial score (nSPS) is 11.2. The van der Waals surface area contributed by atoms with Gasteiger partial charge in [-0.3, -0.25) is 0 Å². The summed E-state index contributed by atoms with van der Waals surface area (Å²) >= 11 is 0. The SMILES string of the molecule is CCN(CC)CCCNc1nccn1CCCOC. The van der Waals surface area contributed by atoms with E-state index in [9.17, 15) is 0 Å². The number of hydrogen-bond acceptors (Lipinski definition) is 4. The molecule has 1 rings (SSSR count). The average Bonchev–Trinajstić information content (AvgIpc) is 2.87. The summed E-state index contributed by atoms with van der Waals surface area (Å²) in [6.07, 6.45) is 6.02. The van der Waals surface area contributed by atoms with Crippen LogP contribution in [0.5, 0.6) is 0 Å². The number of rotatable bonds is 11. The van der Waals surface area contributed by atoms with E-state index in [0.717, 1.165) is 58.1 Å². The summed E-state index contributed by atoms with van der Waals surface area (Å²) < 4.78 is 7.22. The number of anilines is 1. The lowest BCUT2D eigenvalue weighted by Gasteiger charge is -2.18. The number of aromatic nitrogens is 2. The van der Waals surface area contributed by atoms with E-state index in [1.54, 1.807) is 7.11 Å². The predicted octanol–water partition coefficient (Wildman–Crippen LogP) is 2.06. The Kier molecular flexibility index (Phi) is 8.25. The van der Waals surface area contributed by atoms with Crippen LogP contribution in [0.4, 0.5) is 5.95 Å². The van der Waals surface area contributed by atoms with Gasteiger partial charge in [0.1, 0.15) is 0 Å². The number of imidazole rings is 1. The predicted molar refractivity (Wildman–Crippen MR) is 79.6 cm³/mol. The van der Waals surface area contributed by atoms with Gasteiger partial charge in [0, 0.05) is 39.2 Å². The molecule has 5 heteroatoms. The Morgan fingerprint density at radius 1 is 1.32 bits per heavy atom. The lowest BCUT2D eigenvalue weighted by molar-refractivity contribution is 0.190. The fraction of sp³-hybridized carbons (Fsp3) is 0.786. The van der Waals surface area contributed by atoms with Gasteiger partial charge in [0.25, 0.3) is 0 Å². The summed E-state index contributed by atoms with van der Waals surface area (Å²) in [7, 11) is 1.74. The molecule has 110 valence electrons. The van der Waals surface area contributed by atoms with Crippen molar-refractivity contribution in [1.82, 2.24) is 14.5 Å².